The molecule has 36 heavy (non-hydrogen) atoms. The van der Waals surface area contributed by atoms with Crippen LogP contribution in [0.5, 0.6) is 5.75 Å². The number of carbonyl (C=O) groups is 2. The summed E-state index contributed by atoms with van der Waals surface area (Å²) in [6.45, 7) is 5.64. The van der Waals surface area contributed by atoms with Crippen molar-refractivity contribution in [3.8, 4) is 5.75 Å². The van der Waals surface area contributed by atoms with E-state index in [0.29, 0.717) is 22.8 Å². The van der Waals surface area contributed by atoms with Crippen LogP contribution in [0.1, 0.15) is 37.0 Å². The largest absolute Gasteiger partial charge is 0.484 e. The van der Waals surface area contributed by atoms with Crippen LogP contribution >= 0.6 is 11.6 Å². The van der Waals surface area contributed by atoms with Gasteiger partial charge in [0.05, 0.1) is 0 Å². The zero-order valence-electron chi connectivity index (χ0n) is 20.8. The first-order chi connectivity index (χ1) is 17.3. The van der Waals surface area contributed by atoms with Crippen LogP contribution in [0.25, 0.3) is 0 Å². The molecule has 1 N–H and O–H groups in total. The fourth-order valence-electron chi connectivity index (χ4n) is 3.72. The van der Waals surface area contributed by atoms with Gasteiger partial charge in [0.1, 0.15) is 17.6 Å². The SMILES string of the molecule is CC[C@H](C)NC(=O)[C@@H](Cc1ccccc1)N(Cc1ccc(F)cc1)C(=O)COc1ccc(Cl)c(C)c1. The van der Waals surface area contributed by atoms with Crippen LogP contribution in [-0.4, -0.2) is 35.4 Å². The summed E-state index contributed by atoms with van der Waals surface area (Å²) in [5, 5.41) is 3.63. The van der Waals surface area contributed by atoms with Crippen molar-refractivity contribution >= 4 is 23.4 Å². The normalized spacial score (nSPS) is 12.5. The van der Waals surface area contributed by atoms with Crippen molar-refractivity contribution in [3.63, 3.8) is 0 Å². The van der Waals surface area contributed by atoms with Crippen LogP contribution in [0, 0.1) is 12.7 Å². The van der Waals surface area contributed by atoms with E-state index in [4.69, 9.17) is 16.3 Å². The maximum atomic E-state index is 13.6. The smallest absolute Gasteiger partial charge is 0.261 e. The average Bonchev–Trinajstić information content (AvgIpc) is 2.88. The number of benzene rings is 3. The van der Waals surface area contributed by atoms with Gasteiger partial charge in [-0.2, -0.15) is 0 Å². The van der Waals surface area contributed by atoms with Crippen LogP contribution < -0.4 is 10.1 Å². The second kappa shape index (κ2) is 13.1. The zero-order chi connectivity index (χ0) is 26.1. The number of carbonyl (C=O) groups excluding carboxylic acids is 2. The first-order valence-electron chi connectivity index (χ1n) is 12.0. The quantitative estimate of drug-likeness (QED) is 0.359. The van der Waals surface area contributed by atoms with Gasteiger partial charge in [-0.3, -0.25) is 9.59 Å². The fraction of sp³-hybridized carbons (Fsp3) is 0.310. The molecule has 0 radical (unpaired) electrons. The van der Waals surface area contributed by atoms with E-state index in [2.05, 4.69) is 5.32 Å². The molecular formula is C29H32ClFN2O3. The molecule has 0 bridgehead atoms. The standard InChI is InChI=1S/C29H32ClFN2O3/c1-4-21(3)32-29(35)27(17-22-8-6-5-7-9-22)33(18-23-10-12-24(31)13-11-23)28(34)19-36-25-14-15-26(30)20(2)16-25/h5-16,21,27H,4,17-19H2,1-3H3,(H,32,35)/t21-,27+/m0/s1. The second-order valence-corrected chi connectivity index (χ2v) is 9.28. The maximum Gasteiger partial charge on any atom is 0.261 e. The third-order valence-corrected chi connectivity index (χ3v) is 6.45. The minimum Gasteiger partial charge on any atom is -0.484 e. The summed E-state index contributed by atoms with van der Waals surface area (Å²) in [6, 6.07) is 19.8. The summed E-state index contributed by atoms with van der Waals surface area (Å²) >= 11 is 6.10. The Balaban J connectivity index is 1.90. The number of hydrogen-bond acceptors (Lipinski definition) is 3. The Kier molecular flexibility index (Phi) is 9.88. The Morgan fingerprint density at radius 3 is 2.36 bits per heavy atom. The minimum atomic E-state index is -0.783. The van der Waals surface area contributed by atoms with Gasteiger partial charge in [-0.05, 0) is 67.3 Å². The molecule has 5 nitrogen and oxygen atoms in total. The minimum absolute atomic E-state index is 0.0492. The molecule has 0 aliphatic rings. The Labute approximate surface area is 217 Å². The van der Waals surface area contributed by atoms with E-state index in [0.717, 1.165) is 17.5 Å². The van der Waals surface area contributed by atoms with Crippen molar-refractivity contribution in [3.05, 3.63) is 100 Å². The van der Waals surface area contributed by atoms with Gasteiger partial charge in [-0.25, -0.2) is 4.39 Å². The van der Waals surface area contributed by atoms with Crippen LogP contribution in [0.3, 0.4) is 0 Å². The predicted octanol–water partition coefficient (Wildman–Crippen LogP) is 5.72. The van der Waals surface area contributed by atoms with Crippen molar-refractivity contribution in [1.82, 2.24) is 10.2 Å². The molecular weight excluding hydrogens is 479 g/mol. The van der Waals surface area contributed by atoms with Gasteiger partial charge in [0.15, 0.2) is 6.61 Å². The number of ether oxygens (including phenoxy) is 1. The summed E-state index contributed by atoms with van der Waals surface area (Å²) in [7, 11) is 0. The van der Waals surface area contributed by atoms with Gasteiger partial charge in [-0.15, -0.1) is 0 Å². The van der Waals surface area contributed by atoms with Crippen molar-refractivity contribution < 1.29 is 18.7 Å². The van der Waals surface area contributed by atoms with E-state index in [1.807, 2.05) is 51.1 Å². The predicted molar refractivity (Wildman–Crippen MR) is 140 cm³/mol. The van der Waals surface area contributed by atoms with Gasteiger partial charge in [0, 0.05) is 24.0 Å². The summed E-state index contributed by atoms with van der Waals surface area (Å²) in [4.78, 5) is 28.5. The number of rotatable bonds is 11. The molecule has 2 atom stereocenters. The number of nitrogens with one attached hydrogen (secondary N) is 1. The first-order valence-corrected chi connectivity index (χ1v) is 12.4. The summed E-state index contributed by atoms with van der Waals surface area (Å²) in [6.07, 6.45) is 1.09. The molecule has 0 heterocycles. The van der Waals surface area contributed by atoms with Gasteiger partial charge >= 0.3 is 0 Å². The molecule has 0 unspecified atom stereocenters. The molecule has 0 spiro atoms. The lowest BCUT2D eigenvalue weighted by molar-refractivity contribution is -0.143. The number of aryl methyl sites for hydroxylation is 1. The number of nitrogens with zero attached hydrogens (tertiary/aromatic N) is 1. The van der Waals surface area contributed by atoms with Crippen molar-refractivity contribution in [2.45, 2.75) is 52.2 Å². The van der Waals surface area contributed by atoms with E-state index in [-0.39, 0.29) is 36.8 Å². The molecule has 0 saturated heterocycles. The van der Waals surface area contributed by atoms with Crippen LogP contribution in [-0.2, 0) is 22.6 Å². The van der Waals surface area contributed by atoms with Gasteiger partial charge in [0.25, 0.3) is 5.91 Å². The lowest BCUT2D eigenvalue weighted by atomic mass is 10.0. The molecule has 0 fully saturated rings. The molecule has 0 aliphatic carbocycles. The molecule has 0 aromatic heterocycles. The summed E-state index contributed by atoms with van der Waals surface area (Å²) in [5.74, 6) is -0.456. The topological polar surface area (TPSA) is 58.6 Å². The lowest BCUT2D eigenvalue weighted by Crippen LogP contribution is -2.53. The van der Waals surface area contributed by atoms with Crippen molar-refractivity contribution in [1.29, 1.82) is 0 Å². The first kappa shape index (κ1) is 27.2. The van der Waals surface area contributed by atoms with Gasteiger partial charge in [-0.1, -0.05) is 61.0 Å². The van der Waals surface area contributed by atoms with Crippen LogP contribution in [0.2, 0.25) is 5.02 Å². The van der Waals surface area contributed by atoms with E-state index in [1.54, 1.807) is 30.3 Å². The van der Waals surface area contributed by atoms with Crippen molar-refractivity contribution in [2.24, 2.45) is 0 Å². The van der Waals surface area contributed by atoms with E-state index >= 15 is 0 Å². The highest BCUT2D eigenvalue weighted by atomic mass is 35.5. The monoisotopic (exact) mass is 510 g/mol. The highest BCUT2D eigenvalue weighted by Crippen LogP contribution is 2.22. The molecule has 0 saturated carbocycles. The summed E-state index contributed by atoms with van der Waals surface area (Å²) < 4.78 is 19.3. The Hall–Kier alpha value is -3.38. The molecule has 3 aromatic carbocycles. The number of hydrogen-bond donors (Lipinski definition) is 1. The zero-order valence-corrected chi connectivity index (χ0v) is 21.6. The van der Waals surface area contributed by atoms with E-state index in [9.17, 15) is 14.0 Å². The Bertz CT molecular complexity index is 1150. The highest BCUT2D eigenvalue weighted by molar-refractivity contribution is 6.31. The van der Waals surface area contributed by atoms with Crippen LogP contribution in [0.15, 0.2) is 72.8 Å². The van der Waals surface area contributed by atoms with E-state index in [1.165, 1.54) is 17.0 Å². The maximum absolute atomic E-state index is 13.6. The molecule has 2 amide bonds. The van der Waals surface area contributed by atoms with Crippen molar-refractivity contribution in [2.75, 3.05) is 6.61 Å². The summed E-state index contributed by atoms with van der Waals surface area (Å²) in [5.41, 5.74) is 2.47. The van der Waals surface area contributed by atoms with Gasteiger partial charge in [0.2, 0.25) is 5.91 Å². The fourth-order valence-corrected chi connectivity index (χ4v) is 3.83. The van der Waals surface area contributed by atoms with Crippen LogP contribution in [0.4, 0.5) is 4.39 Å². The Morgan fingerprint density at radius 2 is 1.72 bits per heavy atom. The van der Waals surface area contributed by atoms with E-state index < -0.39 is 6.04 Å². The molecule has 0 aliphatic heterocycles. The molecule has 3 aromatic rings. The third kappa shape index (κ3) is 7.82. The molecule has 3 rings (SSSR count). The third-order valence-electron chi connectivity index (χ3n) is 6.03. The Morgan fingerprint density at radius 1 is 1.03 bits per heavy atom. The average molecular weight is 511 g/mol. The number of amides is 2. The lowest BCUT2D eigenvalue weighted by Gasteiger charge is -2.32. The van der Waals surface area contributed by atoms with Gasteiger partial charge < -0.3 is 15.0 Å². The number of halogens is 2. The highest BCUT2D eigenvalue weighted by Gasteiger charge is 2.31. The molecule has 190 valence electrons. The second-order valence-electron chi connectivity index (χ2n) is 8.87. The molecule has 7 heteroatoms.